The number of H-pyrrole nitrogens is 1. The Balaban J connectivity index is 2.11. The molecular weight excluding hydrogens is 236 g/mol. The molecule has 0 aliphatic carbocycles. The number of nitrogens with one attached hydrogen (secondary N) is 1. The SMILES string of the molecule is O=c1[nH]c(O)c(/C=C2\C=Nc3ccccc32)s1. The minimum atomic E-state index is -0.266. The molecule has 0 spiro atoms. The molecule has 1 aromatic heterocycles. The molecule has 2 N–H and O–H groups in total. The van der Waals surface area contributed by atoms with Gasteiger partial charge in [-0.3, -0.25) is 14.8 Å². The van der Waals surface area contributed by atoms with Crippen LogP contribution in [0.2, 0.25) is 0 Å². The largest absolute Gasteiger partial charge is 0.493 e. The Morgan fingerprint density at radius 1 is 1.35 bits per heavy atom. The van der Waals surface area contributed by atoms with Gasteiger partial charge in [0.15, 0.2) is 0 Å². The molecule has 0 fully saturated rings. The molecule has 0 unspecified atom stereocenters. The highest BCUT2D eigenvalue weighted by molar-refractivity contribution is 7.10. The van der Waals surface area contributed by atoms with Crippen molar-refractivity contribution >= 4 is 34.9 Å². The molecule has 0 saturated carbocycles. The third-order valence-corrected chi connectivity index (χ3v) is 3.32. The number of hydrogen-bond donors (Lipinski definition) is 2. The lowest BCUT2D eigenvalue weighted by atomic mass is 10.1. The van der Waals surface area contributed by atoms with E-state index < -0.39 is 0 Å². The lowest BCUT2D eigenvalue weighted by molar-refractivity contribution is 0.455. The molecule has 0 saturated heterocycles. The summed E-state index contributed by atoms with van der Waals surface area (Å²) in [6.45, 7) is 0. The van der Waals surface area contributed by atoms with Crippen molar-refractivity contribution in [3.05, 3.63) is 44.4 Å². The van der Waals surface area contributed by atoms with Gasteiger partial charge in [0.25, 0.3) is 0 Å². The number of fused-ring (bicyclic) bond motifs is 1. The van der Waals surface area contributed by atoms with Gasteiger partial charge in [-0.25, -0.2) is 0 Å². The van der Waals surface area contributed by atoms with Crippen molar-refractivity contribution in [1.82, 2.24) is 4.98 Å². The number of aromatic hydroxyl groups is 1. The second-order valence-corrected chi connectivity index (χ2v) is 4.62. The number of nitrogens with zero attached hydrogens (tertiary/aromatic N) is 1. The molecule has 4 nitrogen and oxygen atoms in total. The Labute approximate surface area is 101 Å². The molecule has 0 amide bonds. The molecule has 0 bridgehead atoms. The van der Waals surface area contributed by atoms with Crippen molar-refractivity contribution in [1.29, 1.82) is 0 Å². The number of thiazole rings is 1. The van der Waals surface area contributed by atoms with Crippen LogP contribution >= 0.6 is 11.3 Å². The molecule has 1 aliphatic heterocycles. The van der Waals surface area contributed by atoms with Crippen LogP contribution in [-0.4, -0.2) is 16.3 Å². The fraction of sp³-hybridized carbons (Fsp3) is 0. The molecule has 2 aromatic rings. The number of rotatable bonds is 1. The standard InChI is InChI=1S/C12H8N2O2S/c15-11-10(17-12(16)14-11)5-7-6-13-9-4-2-1-3-8(7)9/h1-6,15H,(H,14,16)/b7-5+. The van der Waals surface area contributed by atoms with E-state index in [1.54, 1.807) is 12.3 Å². The number of aromatic amines is 1. The zero-order valence-corrected chi connectivity index (χ0v) is 9.49. The summed E-state index contributed by atoms with van der Waals surface area (Å²) in [6, 6.07) is 7.73. The molecule has 17 heavy (non-hydrogen) atoms. The van der Waals surface area contributed by atoms with Crippen molar-refractivity contribution < 1.29 is 5.11 Å². The van der Waals surface area contributed by atoms with Crippen LogP contribution in [0.5, 0.6) is 5.88 Å². The summed E-state index contributed by atoms with van der Waals surface area (Å²) in [5.41, 5.74) is 2.81. The maximum absolute atomic E-state index is 11.1. The molecule has 0 radical (unpaired) electrons. The zero-order chi connectivity index (χ0) is 11.8. The summed E-state index contributed by atoms with van der Waals surface area (Å²) in [7, 11) is 0. The summed E-state index contributed by atoms with van der Waals surface area (Å²) in [5, 5.41) is 9.51. The highest BCUT2D eigenvalue weighted by atomic mass is 32.1. The van der Waals surface area contributed by atoms with Crippen LogP contribution in [0.15, 0.2) is 34.1 Å². The first-order chi connectivity index (χ1) is 8.24. The van der Waals surface area contributed by atoms with Gasteiger partial charge in [-0.2, -0.15) is 0 Å². The van der Waals surface area contributed by atoms with Crippen LogP contribution in [0, 0.1) is 0 Å². The molecule has 84 valence electrons. The summed E-state index contributed by atoms with van der Waals surface area (Å²) < 4.78 is 0. The first kappa shape index (κ1) is 10.0. The van der Waals surface area contributed by atoms with Crippen molar-refractivity contribution in [3.63, 3.8) is 0 Å². The Hall–Kier alpha value is -2.14. The second kappa shape index (κ2) is 3.71. The monoisotopic (exact) mass is 244 g/mol. The molecule has 1 aromatic carbocycles. The molecule has 1 aliphatic rings. The first-order valence-electron chi connectivity index (χ1n) is 5.01. The van der Waals surface area contributed by atoms with Crippen molar-refractivity contribution in [2.24, 2.45) is 4.99 Å². The van der Waals surface area contributed by atoms with Gasteiger partial charge in [-0.1, -0.05) is 29.5 Å². The molecule has 5 heteroatoms. The van der Waals surface area contributed by atoms with E-state index in [1.807, 2.05) is 24.3 Å². The third kappa shape index (κ3) is 1.70. The lowest BCUT2D eigenvalue weighted by Gasteiger charge is -1.97. The van der Waals surface area contributed by atoms with Gasteiger partial charge in [0.2, 0.25) is 5.88 Å². The van der Waals surface area contributed by atoms with E-state index in [9.17, 15) is 9.90 Å². The van der Waals surface area contributed by atoms with Crippen molar-refractivity contribution in [3.8, 4) is 5.88 Å². The summed E-state index contributed by atoms with van der Waals surface area (Å²) in [6.07, 6.45) is 3.49. The molecule has 2 heterocycles. The lowest BCUT2D eigenvalue weighted by Crippen LogP contribution is -1.89. The number of hydrogen-bond acceptors (Lipinski definition) is 4. The van der Waals surface area contributed by atoms with Crippen LogP contribution in [0.4, 0.5) is 5.69 Å². The Bertz CT molecular complexity index is 695. The summed E-state index contributed by atoms with van der Waals surface area (Å²) in [4.78, 5) is 17.9. The quantitative estimate of drug-likeness (QED) is 0.809. The van der Waals surface area contributed by atoms with Gasteiger partial charge < -0.3 is 5.11 Å². The van der Waals surface area contributed by atoms with Crippen molar-refractivity contribution in [2.45, 2.75) is 0 Å². The molecule has 0 atom stereocenters. The number of benzene rings is 1. The molecule has 3 rings (SSSR count). The van der Waals surface area contributed by atoms with Gasteiger partial charge in [-0.15, -0.1) is 0 Å². The van der Waals surface area contributed by atoms with E-state index in [4.69, 9.17) is 0 Å². The summed E-state index contributed by atoms with van der Waals surface area (Å²) >= 11 is 0.977. The van der Waals surface area contributed by atoms with E-state index in [-0.39, 0.29) is 10.8 Å². The highest BCUT2D eigenvalue weighted by Crippen LogP contribution is 2.33. The third-order valence-electron chi connectivity index (χ3n) is 2.50. The highest BCUT2D eigenvalue weighted by Gasteiger charge is 2.12. The topological polar surface area (TPSA) is 65.5 Å². The van der Waals surface area contributed by atoms with E-state index in [1.165, 1.54) is 0 Å². The smallest absolute Gasteiger partial charge is 0.307 e. The maximum Gasteiger partial charge on any atom is 0.307 e. The Morgan fingerprint density at radius 2 is 2.18 bits per heavy atom. The fourth-order valence-electron chi connectivity index (χ4n) is 1.73. The number of allylic oxidation sites excluding steroid dienone is 1. The summed E-state index contributed by atoms with van der Waals surface area (Å²) in [5.74, 6) is -0.0923. The minimum absolute atomic E-state index is 0.0923. The van der Waals surface area contributed by atoms with Crippen molar-refractivity contribution in [2.75, 3.05) is 0 Å². The first-order valence-corrected chi connectivity index (χ1v) is 5.83. The normalized spacial score (nSPS) is 15.4. The average molecular weight is 244 g/mol. The van der Waals surface area contributed by atoms with E-state index in [0.717, 1.165) is 28.2 Å². The van der Waals surface area contributed by atoms with Crippen LogP contribution in [0.3, 0.4) is 0 Å². The van der Waals surface area contributed by atoms with Gasteiger partial charge in [0.1, 0.15) is 0 Å². The predicted octanol–water partition coefficient (Wildman–Crippen LogP) is 2.40. The van der Waals surface area contributed by atoms with E-state index in [0.29, 0.717) is 4.88 Å². The molecular formula is C12H8N2O2S. The Kier molecular flexibility index (Phi) is 2.19. The van der Waals surface area contributed by atoms with Crippen LogP contribution in [0.1, 0.15) is 10.4 Å². The zero-order valence-electron chi connectivity index (χ0n) is 8.68. The van der Waals surface area contributed by atoms with Gasteiger partial charge in [0, 0.05) is 17.4 Å². The number of aromatic nitrogens is 1. The van der Waals surface area contributed by atoms with Gasteiger partial charge in [0.05, 0.1) is 10.6 Å². The Morgan fingerprint density at radius 3 is 2.94 bits per heavy atom. The van der Waals surface area contributed by atoms with Crippen LogP contribution in [0.25, 0.3) is 11.6 Å². The average Bonchev–Trinajstić information content (AvgIpc) is 2.85. The number of para-hydroxylation sites is 1. The fourth-order valence-corrected chi connectivity index (χ4v) is 2.41. The second-order valence-electron chi connectivity index (χ2n) is 3.60. The van der Waals surface area contributed by atoms with E-state index in [2.05, 4.69) is 9.98 Å². The minimum Gasteiger partial charge on any atom is -0.493 e. The van der Waals surface area contributed by atoms with Gasteiger partial charge >= 0.3 is 4.87 Å². The number of aliphatic imine (C=N–C) groups is 1. The van der Waals surface area contributed by atoms with Crippen LogP contribution < -0.4 is 4.87 Å². The maximum atomic E-state index is 11.1. The van der Waals surface area contributed by atoms with Crippen LogP contribution in [-0.2, 0) is 0 Å². The van der Waals surface area contributed by atoms with E-state index >= 15 is 0 Å². The predicted molar refractivity (Wildman–Crippen MR) is 69.1 cm³/mol. The van der Waals surface area contributed by atoms with Gasteiger partial charge in [-0.05, 0) is 12.1 Å².